The van der Waals surface area contributed by atoms with Crippen LogP contribution in [0.4, 0.5) is 32.9 Å². The number of aryl methyl sites for hydroxylation is 4. The van der Waals surface area contributed by atoms with E-state index in [2.05, 4.69) is 79.6 Å². The second kappa shape index (κ2) is 79.0. The number of rotatable bonds is 46. The minimum absolute atomic E-state index is 0. The number of guanidine groups is 1. The van der Waals surface area contributed by atoms with Gasteiger partial charge in [-0.3, -0.25) is 44.5 Å². The van der Waals surface area contributed by atoms with Crippen molar-refractivity contribution >= 4 is 178 Å². The van der Waals surface area contributed by atoms with Gasteiger partial charge in [0.25, 0.3) is 11.8 Å². The number of amidine groups is 1. The summed E-state index contributed by atoms with van der Waals surface area (Å²) in [5.74, 6) is -1.60. The topological polar surface area (TPSA) is 641 Å². The zero-order valence-electron chi connectivity index (χ0n) is 76.9. The first-order chi connectivity index (χ1) is 60.5. The van der Waals surface area contributed by atoms with Gasteiger partial charge < -0.3 is 130 Å². The molecule has 0 unspecified atom stereocenters. The maximum atomic E-state index is 12.2. The molecule has 744 valence electrons. The molecule has 3 heterocycles. The molecule has 48 heteroatoms. The molecule has 2 aromatic heterocycles. The Bertz CT molecular complexity index is 4260. The monoisotopic (exact) mass is 2100 g/mol. The van der Waals surface area contributed by atoms with Crippen LogP contribution in [0.2, 0.25) is 10.3 Å². The van der Waals surface area contributed by atoms with Crippen molar-refractivity contribution in [2.45, 2.75) is 150 Å². The summed E-state index contributed by atoms with van der Waals surface area (Å²) >= 11 is 12.4. The number of thioether (sulfide) groups is 1. The van der Waals surface area contributed by atoms with Gasteiger partial charge in [0.1, 0.15) is 60.6 Å². The number of aliphatic carboxylic acids is 3. The van der Waals surface area contributed by atoms with Gasteiger partial charge in [0, 0.05) is 59.0 Å². The Morgan fingerprint density at radius 3 is 1.10 bits per heavy atom. The average Bonchev–Trinajstić information content (AvgIpc) is 0.920. The summed E-state index contributed by atoms with van der Waals surface area (Å²) in [5, 5.41) is 53.9. The van der Waals surface area contributed by atoms with Gasteiger partial charge in [0.05, 0.1) is 32.8 Å². The number of hydrogen-bond donors (Lipinski definition) is 18. The summed E-state index contributed by atoms with van der Waals surface area (Å²) in [6.45, 7) is 21.4. The molecule has 7 rings (SSSR count). The SMILES string of the molecule is C1CCOC1.CC(C)(C)OC(=O)NCCCCc1ccc(OCCNCC(=O)O)cc1.CCOC(=O)CNCCOc1ccc(CCCCNC(=O)OC(C)(C)C)cc1.CSC(=N)NC(=O)c1nc(Cl)c(N)nc1N.Cl.Cl.Cl.I.NC(=NCCCCc1ccc(OCCNCC(=O)O)cc1)NC(=O)c1nc(Cl)c(N)nc1N.NCCCCc1ccc(OCCNCC(=O)O)cc1.[Li+].[OH-]. The Kier molecular flexibility index (Phi) is 78.6. The quantitative estimate of drug-likeness (QED) is 0.00351. The number of benzene rings is 4. The van der Waals surface area contributed by atoms with Crippen LogP contribution >= 0.6 is 96.2 Å². The molecule has 1 fully saturated rings. The van der Waals surface area contributed by atoms with Crippen molar-refractivity contribution < 1.29 is 116 Å². The first-order valence-electron chi connectivity index (χ1n) is 41.4. The second-order valence-corrected chi connectivity index (χ2v) is 31.0. The molecule has 4 amide bonds. The number of alkyl carbamates (subject to hydrolysis) is 2. The Hall–Kier alpha value is -9.21. The summed E-state index contributed by atoms with van der Waals surface area (Å²) < 4.78 is 42.4. The van der Waals surface area contributed by atoms with Crippen molar-refractivity contribution in [2.24, 2.45) is 16.5 Å². The summed E-state index contributed by atoms with van der Waals surface area (Å²) in [6, 6.07) is 31.5. The fraction of sp³-hybridized carbons (Fsp3) is 0.506. The van der Waals surface area contributed by atoms with E-state index in [1.54, 1.807) is 13.2 Å². The number of ether oxygens (including phenoxy) is 8. The summed E-state index contributed by atoms with van der Waals surface area (Å²) in [4.78, 5) is 108. The number of unbranched alkanes of at least 4 members (excludes halogenated alkanes) is 4. The molecule has 25 N–H and O–H groups in total. The molecule has 0 atom stereocenters. The molecule has 0 saturated carbocycles. The van der Waals surface area contributed by atoms with Crippen LogP contribution in [0.25, 0.3) is 0 Å². The number of aliphatic imine (C=N–C) groups is 1. The van der Waals surface area contributed by atoms with E-state index in [1.165, 1.54) is 29.5 Å². The fourth-order valence-electron chi connectivity index (χ4n) is 10.1. The minimum atomic E-state index is -0.902. The number of nitrogens with two attached hydrogens (primary N) is 6. The van der Waals surface area contributed by atoms with E-state index in [1.807, 2.05) is 126 Å². The van der Waals surface area contributed by atoms with Crippen LogP contribution in [0, 0.1) is 5.41 Å². The van der Waals surface area contributed by atoms with E-state index in [4.69, 9.17) is 116 Å². The van der Waals surface area contributed by atoms with Crippen molar-refractivity contribution in [3.8, 4) is 23.0 Å². The standard InChI is InChI=1S/C21H34N2O5.C20H27ClN8O4.C19H30N2O5.C14H22N2O3.C7H9ClN6OS.C4H8O.3ClH.HI.Li.H2O/c1-5-26-19(24)16-22-14-15-27-18-11-9-17(10-12-18)8-6-7-13-23-20(25)28-21(2,3)4;21-16-18(23)28-17(22)15(27-16)19(32)29-20(24)26-8-2-1-3-12-4-6-13(7-5-12)33-10-9-25-11-14(30)31;1-19(2,3)26-18(24)21-11-5-4-6-15-7-9-16(10-8-15)25-13-12-20-14-17(22)23;15-8-2-1-3-12-4-6-13(7-5-12)19-10-9-16-11-14(17)18;1-16-7(11)14-6(15)2-4(9)13-5(10)3(8)12-2;1-2-4-5-3-1;;;;;;/h9-12,22H,5-8,13-16H2,1-4H3,(H,23,25);4-7,25H,1-3,8-11H2,(H,30,31)(H4,22,23,28)(H3,24,26,29,32);7-10,20H,4-6,11-14H2,1-3H3,(H,21,24)(H,22,23);4-7,16H,1-3,8-11,15H2,(H,17,18);1H3,(H4,9,10,13)(H2,11,14,15);1-4H2;4*1H;;1H2/q;;;;;;;;;;+1;/p-1. The van der Waals surface area contributed by atoms with E-state index in [0.717, 1.165) is 137 Å². The normalized spacial score (nSPS) is 10.8. The van der Waals surface area contributed by atoms with E-state index in [-0.39, 0.29) is 186 Å². The van der Waals surface area contributed by atoms with Crippen LogP contribution in [0.1, 0.15) is 156 Å². The number of hydrogen-bond acceptors (Lipinski definition) is 33. The minimum Gasteiger partial charge on any atom is -0.870 e. The molecule has 1 saturated heterocycles. The summed E-state index contributed by atoms with van der Waals surface area (Å²) in [5.41, 5.74) is 36.7. The second-order valence-electron chi connectivity index (χ2n) is 29.4. The molecular weight excluding hydrogens is 1960 g/mol. The van der Waals surface area contributed by atoms with Crippen LogP contribution < -0.4 is 115 Å². The van der Waals surface area contributed by atoms with Crippen LogP contribution in [0.15, 0.2) is 102 Å². The van der Waals surface area contributed by atoms with Crippen LogP contribution in [-0.2, 0) is 63.8 Å². The van der Waals surface area contributed by atoms with Gasteiger partial charge in [-0.1, -0.05) is 83.5 Å². The fourth-order valence-corrected chi connectivity index (χ4v) is 10.6. The Morgan fingerprint density at radius 2 is 0.805 bits per heavy atom. The van der Waals surface area contributed by atoms with Crippen molar-refractivity contribution in [3.05, 3.63) is 141 Å². The molecule has 40 nitrogen and oxygen atoms in total. The molecule has 4 aromatic carbocycles. The number of carbonyl (C=O) groups excluding carboxylic acids is 5. The molecular formula is C85H135Cl5ILiN20O20S. The van der Waals surface area contributed by atoms with Crippen molar-refractivity contribution in [3.63, 3.8) is 0 Å². The molecule has 0 aliphatic carbocycles. The number of halogens is 6. The number of carboxylic acid groups (broad SMARTS) is 3. The first-order valence-corrected chi connectivity index (χ1v) is 43.4. The number of nitrogen functional groups attached to an aromatic ring is 4. The van der Waals surface area contributed by atoms with Gasteiger partial charge in [-0.05, 0) is 222 Å². The average molecular weight is 2100 g/mol. The van der Waals surface area contributed by atoms with E-state index < -0.39 is 40.9 Å². The van der Waals surface area contributed by atoms with Crippen LogP contribution in [0.3, 0.4) is 0 Å². The predicted octanol–water partition coefficient (Wildman–Crippen LogP) is 6.92. The van der Waals surface area contributed by atoms with Gasteiger partial charge in [-0.25, -0.2) is 29.5 Å². The first kappa shape index (κ1) is 132. The maximum Gasteiger partial charge on any atom is 1.00 e. The Morgan fingerprint density at radius 1 is 0.489 bits per heavy atom. The third-order valence-electron chi connectivity index (χ3n) is 16.2. The van der Waals surface area contributed by atoms with Gasteiger partial charge in [-0.15, -0.1) is 61.2 Å². The van der Waals surface area contributed by atoms with Crippen molar-refractivity contribution in [1.82, 2.24) is 62.5 Å². The molecule has 1 aliphatic rings. The molecule has 0 radical (unpaired) electrons. The number of esters is 1. The molecule has 1 aliphatic heterocycles. The number of carboxylic acids is 3. The maximum absolute atomic E-state index is 12.2. The predicted molar refractivity (Wildman–Crippen MR) is 532 cm³/mol. The van der Waals surface area contributed by atoms with E-state index in [9.17, 15) is 38.4 Å². The third-order valence-corrected chi connectivity index (χ3v) is 17.3. The van der Waals surface area contributed by atoms with Crippen LogP contribution in [-0.4, -0.2) is 242 Å². The number of carbonyl (C=O) groups is 8. The van der Waals surface area contributed by atoms with Gasteiger partial charge >= 0.3 is 54.9 Å². The zero-order valence-corrected chi connectivity index (χ0v) is 84.0. The molecule has 0 bridgehead atoms. The molecule has 133 heavy (non-hydrogen) atoms. The molecule has 6 aromatic rings. The van der Waals surface area contributed by atoms with Crippen LogP contribution in [0.5, 0.6) is 23.0 Å². The van der Waals surface area contributed by atoms with Gasteiger partial charge in [0.15, 0.2) is 56.1 Å². The third kappa shape index (κ3) is 70.2. The smallest absolute Gasteiger partial charge is 0.870 e. The molecule has 0 spiro atoms. The van der Waals surface area contributed by atoms with Gasteiger partial charge in [-0.2, -0.15) is 0 Å². The zero-order chi connectivity index (χ0) is 94.2. The van der Waals surface area contributed by atoms with E-state index >= 15 is 0 Å². The van der Waals surface area contributed by atoms with Crippen molar-refractivity contribution in [2.75, 3.05) is 154 Å². The largest absolute Gasteiger partial charge is 1.00 e. The van der Waals surface area contributed by atoms with Crippen molar-refractivity contribution in [1.29, 1.82) is 5.41 Å². The number of anilines is 4. The van der Waals surface area contributed by atoms with E-state index in [0.29, 0.717) is 78.8 Å². The number of amides is 4. The Labute approximate surface area is 840 Å². The number of nitrogens with zero attached hydrogens (tertiary/aromatic N) is 5. The van der Waals surface area contributed by atoms with Gasteiger partial charge in [0.2, 0.25) is 0 Å². The number of aromatic nitrogens is 4. The summed E-state index contributed by atoms with van der Waals surface area (Å²) in [6.07, 6.45) is 14.7. The Balaban J connectivity index is -0.000000509. The number of nitrogens with one attached hydrogen (secondary N) is 9. The summed E-state index contributed by atoms with van der Waals surface area (Å²) in [7, 11) is 0.